The van der Waals surface area contributed by atoms with Crippen LogP contribution >= 0.6 is 0 Å². The number of benzene rings is 3. The predicted molar refractivity (Wildman–Crippen MR) is 131 cm³/mol. The van der Waals surface area contributed by atoms with Gasteiger partial charge in [0.1, 0.15) is 28.7 Å². The molecule has 0 amide bonds. The van der Waals surface area contributed by atoms with Crippen molar-refractivity contribution in [3.05, 3.63) is 98.7 Å². The van der Waals surface area contributed by atoms with Crippen LogP contribution in [0.2, 0.25) is 0 Å². The van der Waals surface area contributed by atoms with E-state index in [9.17, 15) is 14.0 Å². The van der Waals surface area contributed by atoms with Crippen LogP contribution in [0.25, 0.3) is 33.5 Å². The van der Waals surface area contributed by atoms with Crippen molar-refractivity contribution in [2.75, 3.05) is 14.2 Å². The molecule has 5 rings (SSSR count). The smallest absolute Gasteiger partial charge is 0.269 e. The topological polar surface area (TPSA) is 83.6 Å². The molecule has 0 unspecified atom stereocenters. The molecule has 0 radical (unpaired) electrons. The maximum Gasteiger partial charge on any atom is 0.269 e. The monoisotopic (exact) mass is 472 g/mol. The first-order valence-electron chi connectivity index (χ1n) is 10.9. The molecular weight excluding hydrogens is 451 g/mol. The number of rotatable bonds is 6. The second kappa shape index (κ2) is 9.06. The first-order valence-corrected chi connectivity index (χ1v) is 10.9. The number of aromatic nitrogens is 2. The largest absolute Gasteiger partial charge is 0.497 e. The lowest BCUT2D eigenvalue weighted by Crippen LogP contribution is -2.28. The van der Waals surface area contributed by atoms with Crippen LogP contribution in [0.1, 0.15) is 5.56 Å². The standard InChI is InChI=1S/C27H21FN2O5/c1-33-19-9-3-16(4-10-19)13-14-30-25(17-5-7-18(28)8-6-17)29-26-23(27(30)32)24(31)21-12-11-20(34-2)15-22(21)35-26/h3-12,15H,13-14H2,1-2H3. The number of aryl methyl sites for hydroxylation is 1. The molecule has 8 heteroatoms. The van der Waals surface area contributed by atoms with Gasteiger partial charge in [-0.2, -0.15) is 4.98 Å². The van der Waals surface area contributed by atoms with E-state index in [1.165, 1.54) is 35.9 Å². The Hall–Kier alpha value is -4.46. The maximum absolute atomic E-state index is 13.6. The van der Waals surface area contributed by atoms with Crippen LogP contribution in [-0.2, 0) is 13.0 Å². The van der Waals surface area contributed by atoms with Crippen LogP contribution in [0.4, 0.5) is 4.39 Å². The molecule has 0 aliphatic carbocycles. The molecule has 0 aliphatic rings. The summed E-state index contributed by atoms with van der Waals surface area (Å²) < 4.78 is 31.3. The Kier molecular flexibility index (Phi) is 5.78. The Morgan fingerprint density at radius 3 is 2.29 bits per heavy atom. The molecule has 7 nitrogen and oxygen atoms in total. The van der Waals surface area contributed by atoms with Crippen molar-refractivity contribution < 1.29 is 18.3 Å². The van der Waals surface area contributed by atoms with E-state index in [1.54, 1.807) is 25.3 Å². The van der Waals surface area contributed by atoms with Gasteiger partial charge in [0, 0.05) is 18.2 Å². The minimum absolute atomic E-state index is 0.0826. The van der Waals surface area contributed by atoms with Gasteiger partial charge >= 0.3 is 0 Å². The molecule has 0 saturated heterocycles. The second-order valence-corrected chi connectivity index (χ2v) is 7.97. The van der Waals surface area contributed by atoms with Gasteiger partial charge in [-0.05, 0) is 60.5 Å². The lowest BCUT2D eigenvalue weighted by Gasteiger charge is -2.14. The molecule has 0 atom stereocenters. The minimum Gasteiger partial charge on any atom is -0.497 e. The zero-order valence-electron chi connectivity index (χ0n) is 19.1. The molecule has 3 aromatic carbocycles. The summed E-state index contributed by atoms with van der Waals surface area (Å²) in [7, 11) is 3.10. The van der Waals surface area contributed by atoms with Gasteiger partial charge in [-0.3, -0.25) is 14.2 Å². The lowest BCUT2D eigenvalue weighted by atomic mass is 10.1. The Morgan fingerprint density at radius 2 is 1.60 bits per heavy atom. The van der Waals surface area contributed by atoms with Gasteiger partial charge in [-0.1, -0.05) is 12.1 Å². The fourth-order valence-corrected chi connectivity index (χ4v) is 4.00. The molecule has 0 spiro atoms. The SMILES string of the molecule is COc1ccc(CCn2c(-c3ccc(F)cc3)nc3oc4cc(OC)ccc4c(=O)c3c2=O)cc1. The van der Waals surface area contributed by atoms with Gasteiger partial charge in [-0.25, -0.2) is 4.39 Å². The van der Waals surface area contributed by atoms with Crippen molar-refractivity contribution in [2.45, 2.75) is 13.0 Å². The van der Waals surface area contributed by atoms with Gasteiger partial charge in [0.2, 0.25) is 11.1 Å². The highest BCUT2D eigenvalue weighted by Crippen LogP contribution is 2.24. The van der Waals surface area contributed by atoms with E-state index in [4.69, 9.17) is 13.9 Å². The van der Waals surface area contributed by atoms with Crippen molar-refractivity contribution in [1.82, 2.24) is 9.55 Å². The highest BCUT2D eigenvalue weighted by atomic mass is 19.1. The van der Waals surface area contributed by atoms with Crippen molar-refractivity contribution in [2.24, 2.45) is 0 Å². The molecular formula is C27H21FN2O5. The number of halogens is 1. The summed E-state index contributed by atoms with van der Waals surface area (Å²) in [4.78, 5) is 31.5. The zero-order valence-corrected chi connectivity index (χ0v) is 19.1. The van der Waals surface area contributed by atoms with Crippen LogP contribution in [0.3, 0.4) is 0 Å². The molecule has 0 N–H and O–H groups in total. The molecule has 2 heterocycles. The van der Waals surface area contributed by atoms with E-state index >= 15 is 0 Å². The van der Waals surface area contributed by atoms with Gasteiger partial charge in [-0.15, -0.1) is 0 Å². The van der Waals surface area contributed by atoms with Crippen molar-refractivity contribution in [3.8, 4) is 22.9 Å². The van der Waals surface area contributed by atoms with Gasteiger partial charge < -0.3 is 13.9 Å². The number of nitrogens with zero attached hydrogens (tertiary/aromatic N) is 2. The zero-order chi connectivity index (χ0) is 24.5. The van der Waals surface area contributed by atoms with E-state index in [2.05, 4.69) is 4.98 Å². The van der Waals surface area contributed by atoms with E-state index in [0.717, 1.165) is 11.3 Å². The lowest BCUT2D eigenvalue weighted by molar-refractivity contribution is 0.414. The van der Waals surface area contributed by atoms with E-state index in [0.29, 0.717) is 17.7 Å². The Morgan fingerprint density at radius 1 is 0.914 bits per heavy atom. The summed E-state index contributed by atoms with van der Waals surface area (Å²) in [5.74, 6) is 1.10. The minimum atomic E-state index is -0.519. The summed E-state index contributed by atoms with van der Waals surface area (Å²) in [6, 6.07) is 17.9. The van der Waals surface area contributed by atoms with Crippen LogP contribution in [-0.4, -0.2) is 23.8 Å². The highest BCUT2D eigenvalue weighted by Gasteiger charge is 2.19. The predicted octanol–water partition coefficient (Wildman–Crippen LogP) is 4.57. The average Bonchev–Trinajstić information content (AvgIpc) is 2.88. The molecule has 35 heavy (non-hydrogen) atoms. The molecule has 176 valence electrons. The van der Waals surface area contributed by atoms with Crippen LogP contribution in [0, 0.1) is 5.82 Å². The van der Waals surface area contributed by atoms with Gasteiger partial charge in [0.15, 0.2) is 5.39 Å². The molecule has 0 aliphatic heterocycles. The summed E-state index contributed by atoms with van der Waals surface area (Å²) in [5.41, 5.74) is 0.684. The number of hydrogen-bond acceptors (Lipinski definition) is 6. The third-order valence-corrected chi connectivity index (χ3v) is 5.89. The Labute approximate surface area is 199 Å². The number of hydrogen-bond donors (Lipinski definition) is 0. The quantitative estimate of drug-likeness (QED) is 0.337. The first-order chi connectivity index (χ1) is 17.0. The molecule has 0 fully saturated rings. The Balaban J connectivity index is 1.71. The molecule has 5 aromatic rings. The number of methoxy groups -OCH3 is 2. The van der Waals surface area contributed by atoms with E-state index in [1.807, 2.05) is 24.3 Å². The summed E-state index contributed by atoms with van der Waals surface area (Å²) in [6.07, 6.45) is 0.501. The third kappa shape index (κ3) is 4.14. The van der Waals surface area contributed by atoms with Crippen molar-refractivity contribution >= 4 is 22.1 Å². The van der Waals surface area contributed by atoms with Crippen LogP contribution < -0.4 is 20.5 Å². The normalized spacial score (nSPS) is 11.2. The summed E-state index contributed by atoms with van der Waals surface area (Å²) >= 11 is 0. The fourth-order valence-electron chi connectivity index (χ4n) is 4.00. The summed E-state index contributed by atoms with van der Waals surface area (Å²) in [6.45, 7) is 0.251. The van der Waals surface area contributed by atoms with Gasteiger partial charge in [0.05, 0.1) is 19.6 Å². The van der Waals surface area contributed by atoms with E-state index in [-0.39, 0.29) is 34.4 Å². The highest BCUT2D eigenvalue weighted by molar-refractivity contribution is 5.89. The number of fused-ring (bicyclic) bond motifs is 2. The van der Waals surface area contributed by atoms with Crippen molar-refractivity contribution in [1.29, 1.82) is 0 Å². The Bertz CT molecular complexity index is 1660. The molecule has 0 saturated carbocycles. The van der Waals surface area contributed by atoms with E-state index < -0.39 is 16.8 Å². The molecule has 2 aromatic heterocycles. The molecule has 0 bridgehead atoms. The maximum atomic E-state index is 13.6. The van der Waals surface area contributed by atoms with Crippen LogP contribution in [0.15, 0.2) is 80.7 Å². The first kappa shape index (κ1) is 22.3. The van der Waals surface area contributed by atoms with Crippen LogP contribution in [0.5, 0.6) is 11.5 Å². The fraction of sp³-hybridized carbons (Fsp3) is 0.148. The average molecular weight is 472 g/mol. The summed E-state index contributed by atoms with van der Waals surface area (Å²) in [5, 5.41) is 0.122. The second-order valence-electron chi connectivity index (χ2n) is 7.97. The van der Waals surface area contributed by atoms with Crippen molar-refractivity contribution in [3.63, 3.8) is 0 Å². The third-order valence-electron chi connectivity index (χ3n) is 5.89. The van der Waals surface area contributed by atoms with Gasteiger partial charge in [0.25, 0.3) is 5.56 Å². The number of ether oxygens (including phenoxy) is 2.